The number of nitrogens with one attached hydrogen (secondary N) is 2. The van der Waals surface area contributed by atoms with Gasteiger partial charge >= 0.3 is 0 Å². The van der Waals surface area contributed by atoms with Crippen LogP contribution in [-0.4, -0.2) is 10.9 Å². The van der Waals surface area contributed by atoms with E-state index in [2.05, 4.69) is 41.6 Å². The highest BCUT2D eigenvalue weighted by molar-refractivity contribution is 5.90. The normalized spacial score (nSPS) is 10.2. The zero-order valence-electron chi connectivity index (χ0n) is 12.7. The van der Waals surface area contributed by atoms with E-state index in [0.29, 0.717) is 6.42 Å². The van der Waals surface area contributed by atoms with Gasteiger partial charge < -0.3 is 10.6 Å². The zero-order chi connectivity index (χ0) is 15.2. The van der Waals surface area contributed by atoms with Crippen LogP contribution in [0.3, 0.4) is 0 Å². The first-order chi connectivity index (χ1) is 10.1. The fourth-order valence-corrected chi connectivity index (χ4v) is 2.13. The van der Waals surface area contributed by atoms with Crippen molar-refractivity contribution in [1.82, 2.24) is 4.98 Å². The van der Waals surface area contributed by atoms with E-state index >= 15 is 0 Å². The van der Waals surface area contributed by atoms with Crippen LogP contribution in [0.25, 0.3) is 0 Å². The maximum absolute atomic E-state index is 11.5. The summed E-state index contributed by atoms with van der Waals surface area (Å²) in [5.74, 6) is 0.788. The largest absolute Gasteiger partial charge is 0.340 e. The number of benzene rings is 1. The molecule has 0 spiro atoms. The summed E-state index contributed by atoms with van der Waals surface area (Å²) in [7, 11) is 0. The van der Waals surface area contributed by atoms with Crippen LogP contribution in [0.4, 0.5) is 17.2 Å². The first-order valence-electron chi connectivity index (χ1n) is 7.19. The van der Waals surface area contributed by atoms with E-state index in [1.54, 1.807) is 6.20 Å². The second kappa shape index (κ2) is 6.88. The van der Waals surface area contributed by atoms with E-state index in [-0.39, 0.29) is 5.91 Å². The minimum atomic E-state index is 0.0229. The van der Waals surface area contributed by atoms with Crippen molar-refractivity contribution in [3.05, 3.63) is 47.7 Å². The molecule has 1 heterocycles. The van der Waals surface area contributed by atoms with Gasteiger partial charge in [-0.1, -0.05) is 25.1 Å². The lowest BCUT2D eigenvalue weighted by atomic mass is 10.1. The molecule has 0 radical (unpaired) electrons. The number of carbonyl (C=O) groups is 1. The molecule has 0 aliphatic heterocycles. The minimum Gasteiger partial charge on any atom is -0.340 e. The average molecular weight is 283 g/mol. The van der Waals surface area contributed by atoms with Gasteiger partial charge in [-0.15, -0.1) is 0 Å². The molecular formula is C17H21N3O. The third kappa shape index (κ3) is 4.05. The molecule has 0 bridgehead atoms. The molecule has 2 aromatic rings. The van der Waals surface area contributed by atoms with Crippen LogP contribution in [0.5, 0.6) is 0 Å². The topological polar surface area (TPSA) is 54.0 Å². The SMILES string of the molecule is CCCC(=O)Nc1ccc(Nc2c(C)cccc2C)nc1. The van der Waals surface area contributed by atoms with Crippen molar-refractivity contribution in [2.45, 2.75) is 33.6 Å². The van der Waals surface area contributed by atoms with Crippen molar-refractivity contribution in [2.24, 2.45) is 0 Å². The molecule has 0 saturated carbocycles. The number of amides is 1. The summed E-state index contributed by atoms with van der Waals surface area (Å²) < 4.78 is 0. The zero-order valence-corrected chi connectivity index (χ0v) is 12.7. The number of hydrogen-bond donors (Lipinski definition) is 2. The molecule has 1 amide bonds. The fraction of sp³-hybridized carbons (Fsp3) is 0.294. The predicted molar refractivity (Wildman–Crippen MR) is 87.0 cm³/mol. The highest BCUT2D eigenvalue weighted by Crippen LogP contribution is 2.23. The van der Waals surface area contributed by atoms with Crippen molar-refractivity contribution >= 4 is 23.1 Å². The van der Waals surface area contributed by atoms with Crippen molar-refractivity contribution in [3.63, 3.8) is 0 Å². The second-order valence-electron chi connectivity index (χ2n) is 5.12. The van der Waals surface area contributed by atoms with Crippen LogP contribution in [0.15, 0.2) is 36.5 Å². The molecule has 4 heteroatoms. The highest BCUT2D eigenvalue weighted by Gasteiger charge is 2.04. The number of nitrogens with zero attached hydrogens (tertiary/aromatic N) is 1. The van der Waals surface area contributed by atoms with Crippen molar-refractivity contribution in [3.8, 4) is 0 Å². The van der Waals surface area contributed by atoms with Crippen molar-refractivity contribution in [1.29, 1.82) is 0 Å². The van der Waals surface area contributed by atoms with E-state index in [4.69, 9.17) is 0 Å². The van der Waals surface area contributed by atoms with Crippen LogP contribution >= 0.6 is 0 Å². The van der Waals surface area contributed by atoms with Gasteiger partial charge in [0.05, 0.1) is 11.9 Å². The lowest BCUT2D eigenvalue weighted by molar-refractivity contribution is -0.116. The molecule has 2 rings (SSSR count). The summed E-state index contributed by atoms with van der Waals surface area (Å²) in [6, 6.07) is 9.89. The quantitative estimate of drug-likeness (QED) is 0.865. The van der Waals surface area contributed by atoms with Crippen LogP contribution in [-0.2, 0) is 4.79 Å². The maximum atomic E-state index is 11.5. The van der Waals surface area contributed by atoms with E-state index in [1.165, 1.54) is 11.1 Å². The third-order valence-electron chi connectivity index (χ3n) is 3.26. The van der Waals surface area contributed by atoms with E-state index in [9.17, 15) is 4.79 Å². The third-order valence-corrected chi connectivity index (χ3v) is 3.26. The first-order valence-corrected chi connectivity index (χ1v) is 7.19. The molecule has 0 fully saturated rings. The summed E-state index contributed by atoms with van der Waals surface area (Å²) in [6.07, 6.45) is 3.04. The Bertz CT molecular complexity index is 600. The minimum absolute atomic E-state index is 0.0229. The van der Waals surface area contributed by atoms with Gasteiger partial charge in [-0.3, -0.25) is 4.79 Å². The standard InChI is InChI=1S/C17H21N3O/c1-4-6-16(21)19-14-9-10-15(18-11-14)20-17-12(2)7-5-8-13(17)3/h5,7-11H,4,6H2,1-3H3,(H,18,20)(H,19,21). The Kier molecular flexibility index (Phi) is 4.93. The van der Waals surface area contributed by atoms with Crippen LogP contribution < -0.4 is 10.6 Å². The molecule has 0 saturated heterocycles. The lowest BCUT2D eigenvalue weighted by Crippen LogP contribution is -2.10. The van der Waals surface area contributed by atoms with Crippen LogP contribution in [0, 0.1) is 13.8 Å². The van der Waals surface area contributed by atoms with Gasteiger partial charge in [0.2, 0.25) is 5.91 Å². The van der Waals surface area contributed by atoms with Gasteiger partial charge in [0.1, 0.15) is 5.82 Å². The molecule has 21 heavy (non-hydrogen) atoms. The molecule has 0 unspecified atom stereocenters. The predicted octanol–water partition coefficient (Wildman–Crippen LogP) is 4.18. The number of carbonyl (C=O) groups excluding carboxylic acids is 1. The van der Waals surface area contributed by atoms with Gasteiger partial charge in [0.15, 0.2) is 0 Å². The molecular weight excluding hydrogens is 262 g/mol. The molecule has 1 aromatic carbocycles. The lowest BCUT2D eigenvalue weighted by Gasteiger charge is -2.12. The van der Waals surface area contributed by atoms with Gasteiger partial charge in [0, 0.05) is 12.1 Å². The Balaban J connectivity index is 2.07. The number of hydrogen-bond acceptors (Lipinski definition) is 3. The highest BCUT2D eigenvalue weighted by atomic mass is 16.1. The first kappa shape index (κ1) is 15.0. The summed E-state index contributed by atoms with van der Waals surface area (Å²) >= 11 is 0. The Labute approximate surface area is 125 Å². The summed E-state index contributed by atoms with van der Waals surface area (Å²) in [4.78, 5) is 15.9. The second-order valence-corrected chi connectivity index (χ2v) is 5.12. The Hall–Kier alpha value is -2.36. The average Bonchev–Trinajstić information content (AvgIpc) is 2.45. The molecule has 0 atom stereocenters. The number of anilines is 3. The van der Waals surface area contributed by atoms with Gasteiger partial charge in [-0.05, 0) is 43.5 Å². The van der Waals surface area contributed by atoms with E-state index in [1.807, 2.05) is 25.1 Å². The Morgan fingerprint density at radius 3 is 2.43 bits per heavy atom. The fourth-order valence-electron chi connectivity index (χ4n) is 2.13. The van der Waals surface area contributed by atoms with Gasteiger partial charge in [-0.25, -0.2) is 4.98 Å². The smallest absolute Gasteiger partial charge is 0.224 e. The van der Waals surface area contributed by atoms with Gasteiger partial charge in [-0.2, -0.15) is 0 Å². The number of pyridine rings is 1. The molecule has 0 aliphatic carbocycles. The molecule has 0 aliphatic rings. The van der Waals surface area contributed by atoms with E-state index in [0.717, 1.165) is 23.6 Å². The molecule has 110 valence electrons. The van der Waals surface area contributed by atoms with Crippen molar-refractivity contribution in [2.75, 3.05) is 10.6 Å². The Morgan fingerprint density at radius 1 is 1.14 bits per heavy atom. The summed E-state index contributed by atoms with van der Waals surface area (Å²) in [5.41, 5.74) is 4.16. The summed E-state index contributed by atoms with van der Waals surface area (Å²) in [6.45, 7) is 6.11. The molecule has 4 nitrogen and oxygen atoms in total. The van der Waals surface area contributed by atoms with Crippen molar-refractivity contribution < 1.29 is 4.79 Å². The number of rotatable bonds is 5. The van der Waals surface area contributed by atoms with Gasteiger partial charge in [0.25, 0.3) is 0 Å². The molecule has 2 N–H and O–H groups in total. The molecule has 1 aromatic heterocycles. The summed E-state index contributed by atoms with van der Waals surface area (Å²) in [5, 5.41) is 6.15. The number of aromatic nitrogens is 1. The van der Waals surface area contributed by atoms with Crippen LogP contribution in [0.1, 0.15) is 30.9 Å². The monoisotopic (exact) mass is 283 g/mol. The number of aryl methyl sites for hydroxylation is 2. The number of para-hydroxylation sites is 1. The van der Waals surface area contributed by atoms with E-state index < -0.39 is 0 Å². The maximum Gasteiger partial charge on any atom is 0.224 e. The van der Waals surface area contributed by atoms with Crippen LogP contribution in [0.2, 0.25) is 0 Å². The Morgan fingerprint density at radius 2 is 1.86 bits per heavy atom.